The van der Waals surface area contributed by atoms with Crippen molar-refractivity contribution in [3.63, 3.8) is 0 Å². The normalized spacial score (nSPS) is 9.12. The van der Waals surface area contributed by atoms with Crippen LogP contribution in [0.4, 0.5) is 0 Å². The molecule has 5 nitrogen and oxygen atoms in total. The molecule has 0 fully saturated rings. The van der Waals surface area contributed by atoms with Crippen LogP contribution in [0.5, 0.6) is 5.88 Å². The van der Waals surface area contributed by atoms with Gasteiger partial charge in [-0.15, -0.1) is 0 Å². The van der Waals surface area contributed by atoms with Crippen LogP contribution in [0.3, 0.4) is 0 Å². The Morgan fingerprint density at radius 2 is 2.00 bits per heavy atom. The van der Waals surface area contributed by atoms with Crippen molar-refractivity contribution in [2.24, 2.45) is 0 Å². The third kappa shape index (κ3) is 4.72. The Morgan fingerprint density at radius 1 is 1.38 bits per heavy atom. The molecule has 0 atom stereocenters. The van der Waals surface area contributed by atoms with Gasteiger partial charge in [0.25, 0.3) is 5.91 Å². The summed E-state index contributed by atoms with van der Waals surface area (Å²) in [5.41, 5.74) is 0.262. The van der Waals surface area contributed by atoms with Gasteiger partial charge in [-0.2, -0.15) is 0 Å². The molecular formula is C11H19N3O2. The van der Waals surface area contributed by atoms with Crippen LogP contribution in [0.15, 0.2) is 12.4 Å². The van der Waals surface area contributed by atoms with E-state index in [4.69, 9.17) is 4.74 Å². The molecule has 0 radical (unpaired) electrons. The largest absolute Gasteiger partial charge is 0.480 e. The fraction of sp³-hybridized carbons (Fsp3) is 0.545. The van der Waals surface area contributed by atoms with E-state index in [1.807, 2.05) is 27.7 Å². The van der Waals surface area contributed by atoms with E-state index in [1.165, 1.54) is 19.5 Å². The maximum atomic E-state index is 11.5. The van der Waals surface area contributed by atoms with Crippen molar-refractivity contribution in [3.8, 4) is 5.88 Å². The highest BCUT2D eigenvalue weighted by atomic mass is 16.5. The molecule has 1 aromatic rings. The molecule has 0 aliphatic heterocycles. The fourth-order valence-electron chi connectivity index (χ4n) is 0.892. The van der Waals surface area contributed by atoms with Gasteiger partial charge in [-0.1, -0.05) is 13.8 Å². The molecule has 1 rings (SSSR count). The minimum atomic E-state index is -0.244. The van der Waals surface area contributed by atoms with E-state index in [1.54, 1.807) is 0 Å². The number of aromatic nitrogens is 2. The Hall–Kier alpha value is -1.65. The highest BCUT2D eigenvalue weighted by Gasteiger charge is 2.09. The second-order valence-electron chi connectivity index (χ2n) is 3.07. The number of nitrogens with one attached hydrogen (secondary N) is 1. The zero-order valence-electron chi connectivity index (χ0n) is 10.4. The zero-order valence-corrected chi connectivity index (χ0v) is 10.4. The summed E-state index contributed by atoms with van der Waals surface area (Å²) in [4.78, 5) is 19.2. The van der Waals surface area contributed by atoms with E-state index in [2.05, 4.69) is 15.3 Å². The summed E-state index contributed by atoms with van der Waals surface area (Å²) in [6.45, 7) is 7.76. The van der Waals surface area contributed by atoms with Crippen LogP contribution in [0.2, 0.25) is 0 Å². The number of ether oxygens (including phenoxy) is 1. The second-order valence-corrected chi connectivity index (χ2v) is 3.07. The lowest BCUT2D eigenvalue weighted by Gasteiger charge is -2.07. The number of amides is 1. The fourth-order valence-corrected chi connectivity index (χ4v) is 0.892. The van der Waals surface area contributed by atoms with E-state index in [0.717, 1.165) is 0 Å². The van der Waals surface area contributed by atoms with E-state index in [-0.39, 0.29) is 17.6 Å². The molecule has 0 unspecified atom stereocenters. The first kappa shape index (κ1) is 14.3. The van der Waals surface area contributed by atoms with Gasteiger partial charge in [-0.05, 0) is 13.8 Å². The number of hydrogen-bond acceptors (Lipinski definition) is 4. The topological polar surface area (TPSA) is 64.1 Å². The lowest BCUT2D eigenvalue weighted by Crippen LogP contribution is -2.30. The van der Waals surface area contributed by atoms with E-state index in [9.17, 15) is 4.79 Å². The predicted octanol–water partition coefficient (Wildman–Crippen LogP) is 1.65. The van der Waals surface area contributed by atoms with Gasteiger partial charge in [0.05, 0.1) is 19.5 Å². The minimum Gasteiger partial charge on any atom is -0.480 e. The molecule has 0 aliphatic rings. The smallest absolute Gasteiger partial charge is 0.271 e. The molecule has 1 N–H and O–H groups in total. The van der Waals surface area contributed by atoms with Crippen molar-refractivity contribution in [1.29, 1.82) is 0 Å². The van der Waals surface area contributed by atoms with Crippen LogP contribution in [0.25, 0.3) is 0 Å². The first-order chi connectivity index (χ1) is 7.63. The van der Waals surface area contributed by atoms with Crippen LogP contribution >= 0.6 is 0 Å². The first-order valence-electron chi connectivity index (χ1n) is 5.30. The number of rotatable bonds is 3. The van der Waals surface area contributed by atoms with E-state index in [0.29, 0.717) is 5.88 Å². The van der Waals surface area contributed by atoms with Crippen molar-refractivity contribution in [3.05, 3.63) is 18.1 Å². The van der Waals surface area contributed by atoms with Gasteiger partial charge in [0.15, 0.2) is 0 Å². The van der Waals surface area contributed by atoms with Gasteiger partial charge in [0.1, 0.15) is 5.69 Å². The Kier molecular flexibility index (Phi) is 6.83. The number of hydrogen-bond donors (Lipinski definition) is 1. The van der Waals surface area contributed by atoms with E-state index >= 15 is 0 Å². The zero-order chi connectivity index (χ0) is 12.6. The summed E-state index contributed by atoms with van der Waals surface area (Å²) in [5.74, 6) is 0.0906. The molecule has 0 spiro atoms. The maximum Gasteiger partial charge on any atom is 0.271 e. The predicted molar refractivity (Wildman–Crippen MR) is 62.5 cm³/mol. The Bertz CT molecular complexity index is 327. The van der Waals surface area contributed by atoms with E-state index < -0.39 is 0 Å². The average molecular weight is 225 g/mol. The highest BCUT2D eigenvalue weighted by Crippen LogP contribution is 2.03. The average Bonchev–Trinajstić information content (AvgIpc) is 2.31. The van der Waals surface area contributed by atoms with Gasteiger partial charge in [-0.3, -0.25) is 9.78 Å². The van der Waals surface area contributed by atoms with Crippen molar-refractivity contribution >= 4 is 5.91 Å². The number of methoxy groups -OCH3 is 1. The lowest BCUT2D eigenvalue weighted by atomic mass is 10.3. The molecular weight excluding hydrogens is 206 g/mol. The summed E-state index contributed by atoms with van der Waals surface area (Å²) in [7, 11) is 1.48. The van der Waals surface area contributed by atoms with Crippen LogP contribution in [-0.4, -0.2) is 29.0 Å². The molecule has 5 heteroatoms. The molecule has 0 bridgehead atoms. The Morgan fingerprint density at radius 3 is 2.50 bits per heavy atom. The van der Waals surface area contributed by atoms with Crippen molar-refractivity contribution in [1.82, 2.24) is 15.3 Å². The molecule has 0 saturated heterocycles. The molecule has 0 aromatic carbocycles. The summed E-state index contributed by atoms with van der Waals surface area (Å²) in [6, 6.07) is 0.0792. The molecule has 0 aliphatic carbocycles. The number of nitrogens with zero attached hydrogens (tertiary/aromatic N) is 2. The van der Waals surface area contributed by atoms with Gasteiger partial charge >= 0.3 is 0 Å². The van der Waals surface area contributed by atoms with Crippen LogP contribution < -0.4 is 10.1 Å². The number of carbonyl (C=O) groups excluding carboxylic acids is 1. The highest BCUT2D eigenvalue weighted by molar-refractivity contribution is 5.92. The summed E-state index contributed by atoms with van der Waals surface area (Å²) < 4.78 is 4.86. The Balaban J connectivity index is 0.00000106. The summed E-state index contributed by atoms with van der Waals surface area (Å²) in [6.07, 6.45) is 2.85. The lowest BCUT2D eigenvalue weighted by molar-refractivity contribution is 0.0936. The third-order valence-corrected chi connectivity index (χ3v) is 1.47. The minimum absolute atomic E-state index is 0.0792. The molecule has 0 saturated carbocycles. The van der Waals surface area contributed by atoms with Gasteiger partial charge in [-0.25, -0.2) is 4.98 Å². The first-order valence-corrected chi connectivity index (χ1v) is 5.30. The molecule has 16 heavy (non-hydrogen) atoms. The van der Waals surface area contributed by atoms with Gasteiger partial charge in [0, 0.05) is 6.04 Å². The van der Waals surface area contributed by atoms with Crippen LogP contribution in [-0.2, 0) is 0 Å². The Labute approximate surface area is 96.3 Å². The SMILES string of the molecule is CC.COc1cncc(C(=O)NC(C)C)n1. The third-order valence-electron chi connectivity index (χ3n) is 1.47. The summed E-state index contributed by atoms with van der Waals surface area (Å²) >= 11 is 0. The monoisotopic (exact) mass is 225 g/mol. The molecule has 90 valence electrons. The molecule has 1 aromatic heterocycles. The quantitative estimate of drug-likeness (QED) is 0.849. The molecule has 1 heterocycles. The maximum absolute atomic E-state index is 11.5. The van der Waals surface area contributed by atoms with Gasteiger partial charge in [0.2, 0.25) is 5.88 Å². The van der Waals surface area contributed by atoms with Crippen molar-refractivity contribution in [2.45, 2.75) is 33.7 Å². The van der Waals surface area contributed by atoms with Gasteiger partial charge < -0.3 is 10.1 Å². The van der Waals surface area contributed by atoms with Crippen molar-refractivity contribution in [2.75, 3.05) is 7.11 Å². The number of carbonyl (C=O) groups is 1. The van der Waals surface area contributed by atoms with Crippen LogP contribution in [0.1, 0.15) is 38.2 Å². The van der Waals surface area contributed by atoms with Crippen molar-refractivity contribution < 1.29 is 9.53 Å². The standard InChI is InChI=1S/C9H13N3O2.C2H6/c1-6(2)11-9(13)7-4-10-5-8(12-7)14-3;1-2/h4-6H,1-3H3,(H,11,13);1-2H3. The molecule has 1 amide bonds. The second kappa shape index (κ2) is 7.62. The summed E-state index contributed by atoms with van der Waals surface area (Å²) in [5, 5.41) is 2.71. The van der Waals surface area contributed by atoms with Crippen LogP contribution in [0, 0.1) is 0 Å².